The van der Waals surface area contributed by atoms with Crippen molar-refractivity contribution in [2.45, 2.75) is 13.5 Å². The van der Waals surface area contributed by atoms with Crippen LogP contribution in [-0.4, -0.2) is 14.8 Å². The lowest BCUT2D eigenvalue weighted by molar-refractivity contribution is 0.650. The number of halogens is 1. The molecule has 0 aliphatic rings. The molecule has 0 N–H and O–H groups in total. The molecule has 0 saturated heterocycles. The van der Waals surface area contributed by atoms with Crippen LogP contribution in [-0.2, 0) is 6.54 Å². The number of rotatable bonds is 3. The lowest BCUT2D eigenvalue weighted by Gasteiger charge is -2.09. The molecular weight excluding hydrogens is 354 g/mol. The maximum absolute atomic E-state index is 12.8. The van der Waals surface area contributed by atoms with Crippen LogP contribution >= 0.6 is 22.9 Å². The summed E-state index contributed by atoms with van der Waals surface area (Å²) in [5, 5.41) is 6.10. The number of aryl methyl sites for hydroxylation is 1. The van der Waals surface area contributed by atoms with Crippen molar-refractivity contribution in [1.82, 2.24) is 14.8 Å². The Hall–Kier alpha value is -2.50. The van der Waals surface area contributed by atoms with Crippen LogP contribution < -0.4 is 5.56 Å². The summed E-state index contributed by atoms with van der Waals surface area (Å²) in [4.78, 5) is 17.3. The second-order valence-electron chi connectivity index (χ2n) is 5.68. The third-order valence-electron chi connectivity index (χ3n) is 3.93. The van der Waals surface area contributed by atoms with Gasteiger partial charge in [-0.15, -0.1) is 11.3 Å². The maximum atomic E-state index is 12.8. The van der Waals surface area contributed by atoms with Crippen molar-refractivity contribution in [2.24, 2.45) is 0 Å². The van der Waals surface area contributed by atoms with Gasteiger partial charge in [-0.3, -0.25) is 4.79 Å². The van der Waals surface area contributed by atoms with E-state index in [1.807, 2.05) is 61.5 Å². The number of hydrogen-bond acceptors (Lipinski definition) is 4. The van der Waals surface area contributed by atoms with Crippen molar-refractivity contribution in [3.05, 3.63) is 80.5 Å². The monoisotopic (exact) mass is 367 g/mol. The normalized spacial score (nSPS) is 11.1. The molecule has 4 nitrogen and oxygen atoms in total. The molecule has 0 aliphatic heterocycles. The number of nitrogens with zero attached hydrogens (tertiary/aromatic N) is 3. The van der Waals surface area contributed by atoms with Gasteiger partial charge in [0.2, 0.25) is 0 Å². The molecule has 0 aliphatic carbocycles. The molecule has 2 heterocycles. The molecule has 124 valence electrons. The first-order valence-corrected chi connectivity index (χ1v) is 9.00. The van der Waals surface area contributed by atoms with E-state index in [1.165, 1.54) is 16.0 Å². The van der Waals surface area contributed by atoms with Crippen molar-refractivity contribution in [3.8, 4) is 11.3 Å². The van der Waals surface area contributed by atoms with Crippen molar-refractivity contribution < 1.29 is 0 Å². The molecule has 6 heteroatoms. The number of hydrogen-bond donors (Lipinski definition) is 0. The van der Waals surface area contributed by atoms with Crippen LogP contribution in [0.15, 0.2) is 59.4 Å². The lowest BCUT2D eigenvalue weighted by atomic mass is 10.1. The van der Waals surface area contributed by atoms with Gasteiger partial charge in [-0.25, -0.2) is 9.67 Å². The van der Waals surface area contributed by atoms with E-state index in [0.29, 0.717) is 17.1 Å². The highest BCUT2D eigenvalue weighted by Crippen LogP contribution is 2.29. The molecule has 25 heavy (non-hydrogen) atoms. The molecule has 0 spiro atoms. The van der Waals surface area contributed by atoms with Crippen LogP contribution in [0, 0.1) is 6.92 Å². The molecule has 0 saturated carbocycles. The first-order chi connectivity index (χ1) is 12.1. The van der Waals surface area contributed by atoms with Crippen molar-refractivity contribution in [2.75, 3.05) is 0 Å². The topological polar surface area (TPSA) is 47.8 Å². The largest absolute Gasteiger partial charge is 0.294 e. The highest BCUT2D eigenvalue weighted by Gasteiger charge is 2.16. The molecule has 0 bridgehead atoms. The first-order valence-electron chi connectivity index (χ1n) is 7.80. The minimum Gasteiger partial charge on any atom is -0.265 e. The fraction of sp³-hybridized carbons (Fsp3) is 0.105. The van der Waals surface area contributed by atoms with E-state index < -0.39 is 0 Å². The second-order valence-corrected chi connectivity index (χ2v) is 7.29. The number of thiazole rings is 1. The van der Waals surface area contributed by atoms with Crippen molar-refractivity contribution >= 4 is 33.2 Å². The Morgan fingerprint density at radius 1 is 1.08 bits per heavy atom. The fourth-order valence-electron chi connectivity index (χ4n) is 2.75. The smallest absolute Gasteiger partial charge is 0.265 e. The number of benzene rings is 2. The van der Waals surface area contributed by atoms with E-state index >= 15 is 0 Å². The van der Waals surface area contributed by atoms with E-state index in [2.05, 4.69) is 10.1 Å². The van der Waals surface area contributed by atoms with Crippen LogP contribution in [0.25, 0.3) is 21.5 Å². The lowest BCUT2D eigenvalue weighted by Crippen LogP contribution is -2.24. The molecule has 0 radical (unpaired) electrons. The SMILES string of the molecule is Cc1nc2c(=O)n(Cc3ccccc3Cl)nc(-c3ccccc3)c2s1. The molecule has 0 atom stereocenters. The standard InChI is InChI=1S/C19H14ClN3OS/c1-12-21-17-18(25-12)16(13-7-3-2-4-8-13)22-23(19(17)24)11-14-9-5-6-10-15(14)20/h2-10H,11H2,1H3. The van der Waals surface area contributed by atoms with Gasteiger partial charge < -0.3 is 0 Å². The minimum atomic E-state index is -0.195. The van der Waals surface area contributed by atoms with Gasteiger partial charge in [0.1, 0.15) is 5.69 Å². The van der Waals surface area contributed by atoms with Crippen molar-refractivity contribution in [3.63, 3.8) is 0 Å². The molecule has 2 aromatic heterocycles. The van der Waals surface area contributed by atoms with Gasteiger partial charge in [0.25, 0.3) is 5.56 Å². The zero-order chi connectivity index (χ0) is 17.4. The zero-order valence-corrected chi connectivity index (χ0v) is 15.0. The summed E-state index contributed by atoms with van der Waals surface area (Å²) in [5.74, 6) is 0. The van der Waals surface area contributed by atoms with Crippen LogP contribution in [0.2, 0.25) is 5.02 Å². The first kappa shape index (κ1) is 16.0. The molecule has 2 aromatic carbocycles. The van der Waals surface area contributed by atoms with E-state index in [9.17, 15) is 4.79 Å². The summed E-state index contributed by atoms with van der Waals surface area (Å²) < 4.78 is 2.27. The van der Waals surface area contributed by atoms with E-state index in [1.54, 1.807) is 0 Å². The van der Waals surface area contributed by atoms with Gasteiger partial charge in [-0.05, 0) is 18.6 Å². The quantitative estimate of drug-likeness (QED) is 0.534. The van der Waals surface area contributed by atoms with Gasteiger partial charge in [0.15, 0.2) is 5.52 Å². The minimum absolute atomic E-state index is 0.195. The Balaban J connectivity index is 1.95. The summed E-state index contributed by atoms with van der Waals surface area (Å²) in [6.07, 6.45) is 0. The molecule has 0 fully saturated rings. The summed E-state index contributed by atoms with van der Waals surface area (Å²) >= 11 is 7.74. The van der Waals surface area contributed by atoms with Crippen molar-refractivity contribution in [1.29, 1.82) is 0 Å². The Labute approximate surface area is 153 Å². The summed E-state index contributed by atoms with van der Waals surface area (Å²) in [5.41, 5.74) is 2.85. The van der Waals surface area contributed by atoms with Gasteiger partial charge in [0, 0.05) is 10.6 Å². The molecule has 4 rings (SSSR count). The average Bonchev–Trinajstić information content (AvgIpc) is 3.02. The second kappa shape index (κ2) is 6.43. The highest BCUT2D eigenvalue weighted by atomic mass is 35.5. The van der Waals surface area contributed by atoms with Crippen LogP contribution in [0.5, 0.6) is 0 Å². The van der Waals surface area contributed by atoms with Gasteiger partial charge in [-0.2, -0.15) is 5.10 Å². The Morgan fingerprint density at radius 3 is 2.56 bits per heavy atom. The molecule has 4 aromatic rings. The predicted molar refractivity (Wildman–Crippen MR) is 102 cm³/mol. The number of aromatic nitrogens is 3. The average molecular weight is 368 g/mol. The Kier molecular flexibility index (Phi) is 4.11. The maximum Gasteiger partial charge on any atom is 0.294 e. The zero-order valence-electron chi connectivity index (χ0n) is 13.4. The Bertz CT molecular complexity index is 1120. The third kappa shape index (κ3) is 2.97. The van der Waals surface area contributed by atoms with Gasteiger partial charge in [-0.1, -0.05) is 60.1 Å². The van der Waals surface area contributed by atoms with E-state index in [0.717, 1.165) is 26.5 Å². The number of fused-ring (bicyclic) bond motifs is 1. The molecule has 0 unspecified atom stereocenters. The summed E-state index contributed by atoms with van der Waals surface area (Å²) in [7, 11) is 0. The summed E-state index contributed by atoms with van der Waals surface area (Å²) in [6, 6.07) is 17.3. The van der Waals surface area contributed by atoms with E-state index in [-0.39, 0.29) is 5.56 Å². The van der Waals surface area contributed by atoms with Crippen LogP contribution in [0.1, 0.15) is 10.6 Å². The summed E-state index contributed by atoms with van der Waals surface area (Å²) in [6.45, 7) is 2.21. The predicted octanol–water partition coefficient (Wildman–Crippen LogP) is 4.53. The van der Waals surface area contributed by atoms with Gasteiger partial charge in [0.05, 0.1) is 16.3 Å². The van der Waals surface area contributed by atoms with E-state index in [4.69, 9.17) is 11.6 Å². The molecule has 0 amide bonds. The fourth-order valence-corrected chi connectivity index (χ4v) is 3.86. The van der Waals surface area contributed by atoms with Crippen LogP contribution in [0.3, 0.4) is 0 Å². The third-order valence-corrected chi connectivity index (χ3v) is 5.28. The Morgan fingerprint density at radius 2 is 1.80 bits per heavy atom. The molecular formula is C19H14ClN3OS. The van der Waals surface area contributed by atoms with Gasteiger partial charge >= 0.3 is 0 Å². The highest BCUT2D eigenvalue weighted by molar-refractivity contribution is 7.19. The van der Waals surface area contributed by atoms with Crippen LogP contribution in [0.4, 0.5) is 0 Å².